The minimum Gasteiger partial charge on any atom is -0.399 e. The van der Waals surface area contributed by atoms with E-state index in [1.807, 2.05) is 37.6 Å². The highest BCUT2D eigenvalue weighted by molar-refractivity contribution is 7.19. The van der Waals surface area contributed by atoms with Gasteiger partial charge in [-0.25, -0.2) is 9.67 Å². The molecule has 0 bridgehead atoms. The smallest absolute Gasteiger partial charge is 0.291 e. The fraction of sp³-hybridized carbons (Fsp3) is 0.235. The predicted molar refractivity (Wildman–Crippen MR) is 99.1 cm³/mol. The standard InChI is InChI=1S/C17H19N5OS/c1-5-12(7-6-10(2)18)9-22-17(23)14-13(8-19-22)15-16(21(14)4)20-11(3)24-15/h5-8H,2,9,18H2,1,3-4H3/b7-6-,12-5+. The monoisotopic (exact) mass is 341 g/mol. The van der Waals surface area contributed by atoms with Gasteiger partial charge in [0, 0.05) is 18.1 Å². The number of nitrogens with two attached hydrogens (primary N) is 1. The summed E-state index contributed by atoms with van der Waals surface area (Å²) < 4.78 is 4.31. The maximum absolute atomic E-state index is 12.9. The van der Waals surface area contributed by atoms with Crippen LogP contribution in [0, 0.1) is 6.92 Å². The molecule has 0 aromatic carbocycles. The number of hydrogen-bond acceptors (Lipinski definition) is 5. The molecule has 0 fully saturated rings. The summed E-state index contributed by atoms with van der Waals surface area (Å²) in [4.78, 5) is 17.4. The van der Waals surface area contributed by atoms with Crippen LogP contribution in [0.1, 0.15) is 11.9 Å². The molecular weight excluding hydrogens is 322 g/mol. The third kappa shape index (κ3) is 2.67. The van der Waals surface area contributed by atoms with Crippen LogP contribution in [-0.4, -0.2) is 19.3 Å². The van der Waals surface area contributed by atoms with Crippen molar-refractivity contribution in [3.63, 3.8) is 0 Å². The Morgan fingerprint density at radius 1 is 1.46 bits per heavy atom. The van der Waals surface area contributed by atoms with Crippen LogP contribution in [0.4, 0.5) is 0 Å². The van der Waals surface area contributed by atoms with Crippen LogP contribution in [0.5, 0.6) is 0 Å². The Bertz CT molecular complexity index is 1060. The Morgan fingerprint density at radius 3 is 2.88 bits per heavy atom. The Balaban J connectivity index is 2.11. The number of thiazole rings is 1. The van der Waals surface area contributed by atoms with Gasteiger partial charge in [-0.1, -0.05) is 18.7 Å². The molecule has 3 aromatic heterocycles. The molecule has 0 spiro atoms. The van der Waals surface area contributed by atoms with Gasteiger partial charge in [0.25, 0.3) is 5.56 Å². The first-order valence-electron chi connectivity index (χ1n) is 7.51. The summed E-state index contributed by atoms with van der Waals surface area (Å²) >= 11 is 1.58. The lowest BCUT2D eigenvalue weighted by Crippen LogP contribution is -2.24. The normalized spacial score (nSPS) is 12.7. The van der Waals surface area contributed by atoms with Crippen LogP contribution in [-0.2, 0) is 13.6 Å². The van der Waals surface area contributed by atoms with Crippen LogP contribution >= 0.6 is 11.3 Å². The van der Waals surface area contributed by atoms with E-state index in [2.05, 4.69) is 16.7 Å². The van der Waals surface area contributed by atoms with E-state index in [0.29, 0.717) is 17.8 Å². The number of aryl methyl sites for hydroxylation is 2. The summed E-state index contributed by atoms with van der Waals surface area (Å²) in [6, 6.07) is 0. The van der Waals surface area contributed by atoms with Crippen molar-refractivity contribution in [1.29, 1.82) is 0 Å². The number of nitrogens with zero attached hydrogens (tertiary/aromatic N) is 4. The first kappa shape index (κ1) is 16.2. The second-order valence-corrected chi connectivity index (χ2v) is 6.79. The van der Waals surface area contributed by atoms with Gasteiger partial charge in [0.15, 0.2) is 5.65 Å². The van der Waals surface area contributed by atoms with Crippen molar-refractivity contribution in [2.75, 3.05) is 0 Å². The highest BCUT2D eigenvalue weighted by Crippen LogP contribution is 2.30. The second kappa shape index (κ2) is 6.09. The summed E-state index contributed by atoms with van der Waals surface area (Å²) in [7, 11) is 1.87. The van der Waals surface area contributed by atoms with Crippen LogP contribution < -0.4 is 11.3 Å². The molecule has 0 aliphatic rings. The molecule has 3 rings (SSSR count). The maximum Gasteiger partial charge on any atom is 0.291 e. The van der Waals surface area contributed by atoms with Gasteiger partial charge in [-0.05, 0) is 25.5 Å². The van der Waals surface area contributed by atoms with Gasteiger partial charge in [0.1, 0.15) is 5.52 Å². The van der Waals surface area contributed by atoms with Gasteiger partial charge >= 0.3 is 0 Å². The van der Waals surface area contributed by atoms with Gasteiger partial charge in [-0.15, -0.1) is 11.3 Å². The summed E-state index contributed by atoms with van der Waals surface area (Å²) in [5.41, 5.74) is 8.28. The quantitative estimate of drug-likeness (QED) is 0.740. The van der Waals surface area contributed by atoms with E-state index in [4.69, 9.17) is 5.73 Å². The minimum absolute atomic E-state index is 0.128. The topological polar surface area (TPSA) is 78.7 Å². The van der Waals surface area contributed by atoms with Gasteiger partial charge in [0.2, 0.25) is 0 Å². The van der Waals surface area contributed by atoms with Crippen LogP contribution in [0.15, 0.2) is 47.1 Å². The zero-order chi connectivity index (χ0) is 17.4. The lowest BCUT2D eigenvalue weighted by molar-refractivity contribution is 0.643. The SMILES string of the molecule is C=C(N)/C=C\C(=C/C)Cn1ncc2c3sc(C)nc3n(C)c2c1=O. The van der Waals surface area contributed by atoms with Crippen molar-refractivity contribution < 1.29 is 0 Å². The molecular formula is C17H19N5OS. The van der Waals surface area contributed by atoms with Crippen LogP contribution in [0.2, 0.25) is 0 Å². The van der Waals surface area contributed by atoms with E-state index in [0.717, 1.165) is 26.3 Å². The molecule has 2 N–H and O–H groups in total. The highest BCUT2D eigenvalue weighted by Gasteiger charge is 2.17. The van der Waals surface area contributed by atoms with Crippen molar-refractivity contribution in [3.05, 3.63) is 57.6 Å². The zero-order valence-corrected chi connectivity index (χ0v) is 14.7. The van der Waals surface area contributed by atoms with Gasteiger partial charge in [0.05, 0.1) is 22.4 Å². The predicted octanol–water partition coefficient (Wildman–Crippen LogP) is 2.63. The number of allylic oxidation sites excluding steroid dienone is 4. The molecule has 3 aromatic rings. The van der Waals surface area contributed by atoms with Crippen molar-refractivity contribution >= 4 is 32.6 Å². The molecule has 3 heterocycles. The van der Waals surface area contributed by atoms with Crippen LogP contribution in [0.3, 0.4) is 0 Å². The summed E-state index contributed by atoms with van der Waals surface area (Å²) in [5.74, 6) is 0. The van der Waals surface area contributed by atoms with E-state index in [-0.39, 0.29) is 5.56 Å². The molecule has 0 aliphatic heterocycles. The van der Waals surface area contributed by atoms with Crippen molar-refractivity contribution in [3.8, 4) is 0 Å². The van der Waals surface area contributed by atoms with E-state index in [1.165, 1.54) is 4.68 Å². The summed E-state index contributed by atoms with van der Waals surface area (Å²) in [6.07, 6.45) is 7.22. The molecule has 7 heteroatoms. The largest absolute Gasteiger partial charge is 0.399 e. The number of hydrogen-bond donors (Lipinski definition) is 1. The number of rotatable bonds is 4. The van der Waals surface area contributed by atoms with E-state index in [9.17, 15) is 4.79 Å². The molecule has 0 saturated heterocycles. The zero-order valence-electron chi connectivity index (χ0n) is 13.9. The van der Waals surface area contributed by atoms with Gasteiger partial charge < -0.3 is 10.3 Å². The van der Waals surface area contributed by atoms with E-state index >= 15 is 0 Å². The molecule has 0 unspecified atom stereocenters. The van der Waals surface area contributed by atoms with E-state index in [1.54, 1.807) is 23.6 Å². The molecule has 6 nitrogen and oxygen atoms in total. The maximum atomic E-state index is 12.9. The van der Waals surface area contributed by atoms with E-state index < -0.39 is 0 Å². The van der Waals surface area contributed by atoms with Gasteiger partial charge in [-0.2, -0.15) is 5.10 Å². The first-order chi connectivity index (χ1) is 11.4. The number of aromatic nitrogens is 4. The molecule has 0 aliphatic carbocycles. The van der Waals surface area contributed by atoms with Gasteiger partial charge in [-0.3, -0.25) is 4.79 Å². The Morgan fingerprint density at radius 2 is 2.21 bits per heavy atom. The Hall–Kier alpha value is -2.67. The molecule has 0 radical (unpaired) electrons. The van der Waals surface area contributed by atoms with Crippen molar-refractivity contribution in [2.24, 2.45) is 12.8 Å². The summed E-state index contributed by atoms with van der Waals surface area (Å²) in [6.45, 7) is 7.88. The second-order valence-electron chi connectivity index (χ2n) is 5.59. The Kier molecular flexibility index (Phi) is 4.11. The fourth-order valence-corrected chi connectivity index (χ4v) is 3.59. The average Bonchev–Trinajstić information content (AvgIpc) is 3.03. The third-order valence-electron chi connectivity index (χ3n) is 3.85. The lowest BCUT2D eigenvalue weighted by atomic mass is 10.2. The molecule has 24 heavy (non-hydrogen) atoms. The minimum atomic E-state index is -0.128. The Labute approximate surface area is 143 Å². The molecule has 0 atom stereocenters. The lowest BCUT2D eigenvalue weighted by Gasteiger charge is -2.06. The van der Waals surface area contributed by atoms with Crippen molar-refractivity contribution in [1.82, 2.24) is 19.3 Å². The van der Waals surface area contributed by atoms with Crippen molar-refractivity contribution in [2.45, 2.75) is 20.4 Å². The highest BCUT2D eigenvalue weighted by atomic mass is 32.1. The average molecular weight is 341 g/mol. The third-order valence-corrected chi connectivity index (χ3v) is 4.84. The number of fused-ring (bicyclic) bond motifs is 3. The molecule has 124 valence electrons. The summed E-state index contributed by atoms with van der Waals surface area (Å²) in [5, 5.41) is 6.17. The van der Waals surface area contributed by atoms with Crippen LogP contribution in [0.25, 0.3) is 21.3 Å². The molecule has 0 amide bonds. The molecule has 0 saturated carbocycles. The fourth-order valence-electron chi connectivity index (χ4n) is 2.63. The first-order valence-corrected chi connectivity index (χ1v) is 8.33.